The Labute approximate surface area is 134 Å². The molecule has 0 saturated carbocycles. The predicted octanol–water partition coefficient (Wildman–Crippen LogP) is 2.97. The van der Waals surface area contributed by atoms with Crippen LogP contribution in [-0.2, 0) is 11.3 Å². The molecule has 0 aliphatic carbocycles. The summed E-state index contributed by atoms with van der Waals surface area (Å²) in [5.41, 5.74) is 1.09. The maximum Gasteiger partial charge on any atom is 0.282 e. The lowest BCUT2D eigenvalue weighted by Crippen LogP contribution is -2.38. The third-order valence-corrected chi connectivity index (χ3v) is 4.72. The normalized spacial score (nSPS) is 14.6. The molecule has 22 heavy (non-hydrogen) atoms. The number of hydrogen-bond donors (Lipinski definition) is 0. The van der Waals surface area contributed by atoms with Gasteiger partial charge in [-0.15, -0.1) is 0 Å². The number of rotatable bonds is 4. The van der Waals surface area contributed by atoms with Gasteiger partial charge < -0.3 is 9.80 Å². The molecule has 114 valence electrons. The van der Waals surface area contributed by atoms with Crippen molar-refractivity contribution in [2.45, 2.75) is 6.54 Å². The highest BCUT2D eigenvalue weighted by atomic mass is 32.2. The van der Waals surface area contributed by atoms with E-state index < -0.39 is 0 Å². The van der Waals surface area contributed by atoms with Crippen LogP contribution >= 0.6 is 11.8 Å². The Balaban J connectivity index is 1.65. The van der Waals surface area contributed by atoms with Crippen LogP contribution in [0.3, 0.4) is 0 Å². The molecule has 1 aliphatic rings. The predicted molar refractivity (Wildman–Crippen MR) is 89.8 cm³/mol. The molecule has 3 rings (SSSR count). The van der Waals surface area contributed by atoms with E-state index in [4.69, 9.17) is 0 Å². The van der Waals surface area contributed by atoms with Gasteiger partial charge in [-0.3, -0.25) is 9.59 Å². The highest BCUT2D eigenvalue weighted by Gasteiger charge is 2.24. The van der Waals surface area contributed by atoms with E-state index in [1.165, 1.54) is 22.5 Å². The fourth-order valence-electron chi connectivity index (χ4n) is 2.55. The molecule has 0 atom stereocenters. The van der Waals surface area contributed by atoms with Crippen molar-refractivity contribution >= 4 is 33.7 Å². The zero-order chi connectivity index (χ0) is 15.5. The van der Waals surface area contributed by atoms with Crippen LogP contribution in [0.1, 0.15) is 5.56 Å². The van der Waals surface area contributed by atoms with Crippen LogP contribution in [0, 0.1) is 0 Å². The molecule has 0 unspecified atom stereocenters. The number of carbonyl (C=O) groups is 2. The van der Waals surface area contributed by atoms with E-state index in [0.717, 1.165) is 11.3 Å². The summed E-state index contributed by atoms with van der Waals surface area (Å²) in [5.74, 6) is 0.754. The second kappa shape index (κ2) is 6.40. The average Bonchev–Trinajstić information content (AvgIpc) is 2.92. The first-order valence-corrected chi connectivity index (χ1v) is 8.25. The molecule has 0 spiro atoms. The second-order valence-corrected chi connectivity index (χ2v) is 6.51. The first-order chi connectivity index (χ1) is 10.6. The summed E-state index contributed by atoms with van der Waals surface area (Å²) in [6, 6.07) is 14.4. The third-order valence-electron chi connectivity index (χ3n) is 3.83. The fraction of sp³-hybridized carbons (Fsp3) is 0.294. The Hall–Kier alpha value is -2.01. The molecule has 1 fully saturated rings. The van der Waals surface area contributed by atoms with Crippen LogP contribution in [-0.4, -0.2) is 46.8 Å². The van der Waals surface area contributed by atoms with Gasteiger partial charge in [-0.25, -0.2) is 0 Å². The highest BCUT2D eigenvalue weighted by Crippen LogP contribution is 2.18. The molecule has 0 N–H and O–H groups in total. The standard InChI is InChI=1S/C17H18N2O2S/c1-18(16(20)12-19-8-9-22-17(19)21)11-13-6-7-14-4-2-3-5-15(14)10-13/h2-7,10H,8-9,11-12H2,1H3. The largest absolute Gasteiger partial charge is 0.340 e. The van der Waals surface area contributed by atoms with Crippen molar-refractivity contribution in [2.24, 2.45) is 0 Å². The van der Waals surface area contributed by atoms with Gasteiger partial charge in [-0.1, -0.05) is 48.2 Å². The van der Waals surface area contributed by atoms with Crippen LogP contribution in [0.15, 0.2) is 42.5 Å². The molecule has 0 aromatic heterocycles. The fourth-order valence-corrected chi connectivity index (χ4v) is 3.38. The molecule has 1 saturated heterocycles. The molecule has 0 bridgehead atoms. The molecule has 4 nitrogen and oxygen atoms in total. The Morgan fingerprint density at radius 2 is 2.00 bits per heavy atom. The van der Waals surface area contributed by atoms with Crippen molar-refractivity contribution in [3.63, 3.8) is 0 Å². The van der Waals surface area contributed by atoms with Crippen molar-refractivity contribution in [3.05, 3.63) is 48.0 Å². The van der Waals surface area contributed by atoms with E-state index in [9.17, 15) is 9.59 Å². The Morgan fingerprint density at radius 1 is 1.23 bits per heavy atom. The van der Waals surface area contributed by atoms with Crippen LogP contribution in [0.5, 0.6) is 0 Å². The van der Waals surface area contributed by atoms with E-state index in [1.807, 2.05) is 18.2 Å². The lowest BCUT2D eigenvalue weighted by Gasteiger charge is -2.21. The van der Waals surface area contributed by atoms with Gasteiger partial charge in [-0.05, 0) is 22.4 Å². The van der Waals surface area contributed by atoms with Crippen LogP contribution in [0.2, 0.25) is 0 Å². The number of thioether (sulfide) groups is 1. The van der Waals surface area contributed by atoms with Gasteiger partial charge in [0.2, 0.25) is 5.91 Å². The zero-order valence-corrected chi connectivity index (χ0v) is 13.3. The van der Waals surface area contributed by atoms with Gasteiger partial charge in [0.15, 0.2) is 0 Å². The number of nitrogens with zero attached hydrogens (tertiary/aromatic N) is 2. The maximum atomic E-state index is 12.2. The molecule has 2 aromatic rings. The van der Waals surface area contributed by atoms with Crippen LogP contribution in [0.25, 0.3) is 10.8 Å². The SMILES string of the molecule is CN(Cc1ccc2ccccc2c1)C(=O)CN1CCSC1=O. The van der Waals surface area contributed by atoms with Crippen molar-refractivity contribution in [1.82, 2.24) is 9.80 Å². The van der Waals surface area contributed by atoms with Crippen molar-refractivity contribution in [3.8, 4) is 0 Å². The molecule has 1 aliphatic heterocycles. The summed E-state index contributed by atoms with van der Waals surface area (Å²) in [6.45, 7) is 1.40. The summed E-state index contributed by atoms with van der Waals surface area (Å²) in [5, 5.41) is 2.37. The van der Waals surface area contributed by atoms with E-state index in [0.29, 0.717) is 13.1 Å². The van der Waals surface area contributed by atoms with Crippen molar-refractivity contribution in [1.29, 1.82) is 0 Å². The molecular weight excluding hydrogens is 296 g/mol. The minimum Gasteiger partial charge on any atom is -0.340 e. The Bertz CT molecular complexity index is 717. The molecule has 2 aromatic carbocycles. The van der Waals surface area contributed by atoms with Crippen molar-refractivity contribution in [2.75, 3.05) is 25.9 Å². The Morgan fingerprint density at radius 3 is 2.73 bits per heavy atom. The van der Waals surface area contributed by atoms with E-state index in [-0.39, 0.29) is 17.7 Å². The van der Waals surface area contributed by atoms with E-state index in [2.05, 4.69) is 24.3 Å². The number of fused-ring (bicyclic) bond motifs is 1. The quantitative estimate of drug-likeness (QED) is 0.871. The van der Waals surface area contributed by atoms with Gasteiger partial charge in [0.25, 0.3) is 5.24 Å². The van der Waals surface area contributed by atoms with Crippen LogP contribution in [0.4, 0.5) is 4.79 Å². The molecule has 0 radical (unpaired) electrons. The van der Waals surface area contributed by atoms with Crippen LogP contribution < -0.4 is 0 Å². The number of carbonyl (C=O) groups excluding carboxylic acids is 2. The third kappa shape index (κ3) is 3.25. The van der Waals surface area contributed by atoms with Crippen molar-refractivity contribution < 1.29 is 9.59 Å². The lowest BCUT2D eigenvalue weighted by atomic mass is 10.1. The number of benzene rings is 2. The summed E-state index contributed by atoms with van der Waals surface area (Å²) in [6.07, 6.45) is 0. The first-order valence-electron chi connectivity index (χ1n) is 7.27. The topological polar surface area (TPSA) is 40.6 Å². The summed E-state index contributed by atoms with van der Waals surface area (Å²) < 4.78 is 0. The second-order valence-electron chi connectivity index (χ2n) is 5.47. The van der Waals surface area contributed by atoms with Gasteiger partial charge in [0.05, 0.1) is 0 Å². The number of amides is 2. The minimum absolute atomic E-state index is 0.00690. The number of hydrogen-bond acceptors (Lipinski definition) is 3. The minimum atomic E-state index is -0.0241. The molecule has 2 amide bonds. The van der Waals surface area contributed by atoms with Gasteiger partial charge in [0, 0.05) is 25.9 Å². The highest BCUT2D eigenvalue weighted by molar-refractivity contribution is 8.13. The molecular formula is C17H18N2O2S. The summed E-state index contributed by atoms with van der Waals surface area (Å²) >= 11 is 1.28. The number of likely N-dealkylation sites (N-methyl/N-ethyl adjacent to an activating group) is 1. The average molecular weight is 314 g/mol. The van der Waals surface area contributed by atoms with Gasteiger partial charge in [-0.2, -0.15) is 0 Å². The Kier molecular flexibility index (Phi) is 4.34. The summed E-state index contributed by atoms with van der Waals surface area (Å²) in [7, 11) is 1.78. The molecule has 1 heterocycles. The lowest BCUT2D eigenvalue weighted by molar-refractivity contribution is -0.130. The zero-order valence-electron chi connectivity index (χ0n) is 12.5. The van der Waals surface area contributed by atoms with E-state index >= 15 is 0 Å². The maximum absolute atomic E-state index is 12.2. The van der Waals surface area contributed by atoms with Gasteiger partial charge >= 0.3 is 0 Å². The first kappa shape index (κ1) is 14.9. The summed E-state index contributed by atoms with van der Waals surface area (Å²) in [4.78, 5) is 27.1. The monoisotopic (exact) mass is 314 g/mol. The smallest absolute Gasteiger partial charge is 0.282 e. The molecule has 5 heteroatoms. The van der Waals surface area contributed by atoms with E-state index in [1.54, 1.807) is 16.8 Å². The van der Waals surface area contributed by atoms with Gasteiger partial charge in [0.1, 0.15) is 6.54 Å².